The molecule has 1 unspecified atom stereocenters. The molecule has 0 amide bonds. The SMILES string of the molecule is CC=NCC(C)CC. The fraction of sp³-hybridized carbons (Fsp3) is 0.857. The summed E-state index contributed by atoms with van der Waals surface area (Å²) in [6.45, 7) is 7.36. The summed E-state index contributed by atoms with van der Waals surface area (Å²) in [5.41, 5.74) is 0. The normalized spacial score (nSPS) is 14.9. The Balaban J connectivity index is 3.10. The zero-order valence-electron chi connectivity index (χ0n) is 6.02. The molecule has 0 aromatic heterocycles. The maximum absolute atomic E-state index is 4.12. The van der Waals surface area contributed by atoms with Gasteiger partial charge in [0.1, 0.15) is 0 Å². The highest BCUT2D eigenvalue weighted by atomic mass is 14.7. The van der Waals surface area contributed by atoms with Gasteiger partial charge in [0.15, 0.2) is 0 Å². The quantitative estimate of drug-likeness (QED) is 0.497. The Bertz CT molecular complexity index is 66.8. The van der Waals surface area contributed by atoms with Gasteiger partial charge in [-0.3, -0.25) is 4.99 Å². The van der Waals surface area contributed by atoms with Crippen molar-refractivity contribution in [3.05, 3.63) is 0 Å². The second-order valence-corrected chi connectivity index (χ2v) is 2.14. The number of hydrogen-bond acceptors (Lipinski definition) is 1. The van der Waals surface area contributed by atoms with E-state index in [-0.39, 0.29) is 0 Å². The van der Waals surface area contributed by atoms with Crippen molar-refractivity contribution in [3.8, 4) is 0 Å². The van der Waals surface area contributed by atoms with Crippen LogP contribution in [-0.4, -0.2) is 12.8 Å². The minimum atomic E-state index is 0.756. The highest BCUT2D eigenvalue weighted by Gasteiger charge is 1.92. The summed E-state index contributed by atoms with van der Waals surface area (Å²) in [7, 11) is 0. The third-order valence-corrected chi connectivity index (χ3v) is 1.30. The van der Waals surface area contributed by atoms with Gasteiger partial charge in [-0.05, 0) is 19.1 Å². The first-order chi connectivity index (χ1) is 3.81. The Kier molecular flexibility index (Phi) is 4.62. The zero-order valence-corrected chi connectivity index (χ0v) is 6.02. The van der Waals surface area contributed by atoms with Crippen LogP contribution in [-0.2, 0) is 0 Å². The van der Waals surface area contributed by atoms with Gasteiger partial charge in [-0.1, -0.05) is 20.3 Å². The van der Waals surface area contributed by atoms with E-state index in [9.17, 15) is 0 Å². The minimum absolute atomic E-state index is 0.756. The average molecular weight is 113 g/mol. The molecule has 0 aliphatic rings. The van der Waals surface area contributed by atoms with Gasteiger partial charge < -0.3 is 0 Å². The Morgan fingerprint density at radius 1 is 1.62 bits per heavy atom. The smallest absolute Gasteiger partial charge is 0.0410 e. The molecule has 1 nitrogen and oxygen atoms in total. The molecule has 0 aliphatic carbocycles. The van der Waals surface area contributed by atoms with E-state index in [4.69, 9.17) is 0 Å². The first kappa shape index (κ1) is 7.67. The van der Waals surface area contributed by atoms with Gasteiger partial charge >= 0.3 is 0 Å². The molecule has 0 aromatic rings. The molecule has 0 saturated carbocycles. The molecular weight excluding hydrogens is 98.1 g/mol. The van der Waals surface area contributed by atoms with Gasteiger partial charge in [-0.2, -0.15) is 0 Å². The van der Waals surface area contributed by atoms with Crippen LogP contribution in [0.2, 0.25) is 0 Å². The Morgan fingerprint density at radius 3 is 2.62 bits per heavy atom. The lowest BCUT2D eigenvalue weighted by molar-refractivity contribution is 0.578. The summed E-state index contributed by atoms with van der Waals surface area (Å²) < 4.78 is 0. The molecule has 0 fully saturated rings. The number of aliphatic imine (C=N–C) groups is 1. The number of rotatable bonds is 3. The van der Waals surface area contributed by atoms with E-state index in [2.05, 4.69) is 18.8 Å². The summed E-state index contributed by atoms with van der Waals surface area (Å²) in [4.78, 5) is 4.12. The average Bonchev–Trinajstić information content (AvgIpc) is 1.83. The molecule has 1 atom stereocenters. The molecular formula is C7H15N. The van der Waals surface area contributed by atoms with Crippen molar-refractivity contribution in [1.29, 1.82) is 0 Å². The van der Waals surface area contributed by atoms with Crippen molar-refractivity contribution in [2.45, 2.75) is 27.2 Å². The van der Waals surface area contributed by atoms with E-state index in [0.717, 1.165) is 12.5 Å². The van der Waals surface area contributed by atoms with Crippen molar-refractivity contribution < 1.29 is 0 Å². The van der Waals surface area contributed by atoms with Crippen LogP contribution in [0.1, 0.15) is 27.2 Å². The van der Waals surface area contributed by atoms with E-state index in [0.29, 0.717) is 0 Å². The highest BCUT2D eigenvalue weighted by Crippen LogP contribution is 1.98. The molecule has 0 spiro atoms. The molecule has 0 aliphatic heterocycles. The van der Waals surface area contributed by atoms with Crippen LogP contribution in [0.3, 0.4) is 0 Å². The van der Waals surface area contributed by atoms with Crippen LogP contribution >= 0.6 is 0 Å². The molecule has 0 radical (unpaired) electrons. The second-order valence-electron chi connectivity index (χ2n) is 2.14. The summed E-state index contributed by atoms with van der Waals surface area (Å²) >= 11 is 0. The third-order valence-electron chi connectivity index (χ3n) is 1.30. The summed E-state index contributed by atoms with van der Waals surface area (Å²) in [6.07, 6.45) is 3.10. The number of hydrogen-bond donors (Lipinski definition) is 0. The van der Waals surface area contributed by atoms with E-state index in [1.165, 1.54) is 6.42 Å². The van der Waals surface area contributed by atoms with Crippen molar-refractivity contribution in [3.63, 3.8) is 0 Å². The molecule has 8 heavy (non-hydrogen) atoms. The largest absolute Gasteiger partial charge is 0.298 e. The predicted octanol–water partition coefficient (Wildman–Crippen LogP) is 2.12. The Labute approximate surface area is 51.8 Å². The summed E-state index contributed by atoms with van der Waals surface area (Å²) in [5, 5.41) is 0. The fourth-order valence-corrected chi connectivity index (χ4v) is 0.414. The van der Waals surface area contributed by atoms with E-state index < -0.39 is 0 Å². The van der Waals surface area contributed by atoms with E-state index >= 15 is 0 Å². The van der Waals surface area contributed by atoms with Crippen LogP contribution < -0.4 is 0 Å². The first-order valence-electron chi connectivity index (χ1n) is 3.25. The van der Waals surface area contributed by atoms with Crippen LogP contribution in [0.5, 0.6) is 0 Å². The summed E-state index contributed by atoms with van der Waals surface area (Å²) in [6, 6.07) is 0. The molecule has 48 valence electrons. The highest BCUT2D eigenvalue weighted by molar-refractivity contribution is 5.53. The Hall–Kier alpha value is -0.330. The van der Waals surface area contributed by atoms with Gasteiger partial charge in [0.2, 0.25) is 0 Å². The van der Waals surface area contributed by atoms with Crippen molar-refractivity contribution in [1.82, 2.24) is 0 Å². The standard InChI is InChI=1S/C7H15N/c1-4-7(3)6-8-5-2/h5,7H,4,6H2,1-3H3. The van der Waals surface area contributed by atoms with Crippen LogP contribution in [0.15, 0.2) is 4.99 Å². The number of nitrogens with zero attached hydrogens (tertiary/aromatic N) is 1. The van der Waals surface area contributed by atoms with Gasteiger partial charge in [0.25, 0.3) is 0 Å². The molecule has 0 saturated heterocycles. The minimum Gasteiger partial charge on any atom is -0.298 e. The van der Waals surface area contributed by atoms with Gasteiger partial charge in [0, 0.05) is 6.54 Å². The van der Waals surface area contributed by atoms with Gasteiger partial charge in [0.05, 0.1) is 0 Å². The zero-order chi connectivity index (χ0) is 6.41. The lowest BCUT2D eigenvalue weighted by Gasteiger charge is -2.00. The molecule has 0 rings (SSSR count). The van der Waals surface area contributed by atoms with Crippen molar-refractivity contribution in [2.24, 2.45) is 10.9 Å². The molecule has 1 heteroatoms. The van der Waals surface area contributed by atoms with Crippen molar-refractivity contribution >= 4 is 6.21 Å². The van der Waals surface area contributed by atoms with E-state index in [1.807, 2.05) is 13.1 Å². The maximum atomic E-state index is 4.12. The lowest BCUT2D eigenvalue weighted by Crippen LogP contribution is -1.95. The van der Waals surface area contributed by atoms with Gasteiger partial charge in [-0.25, -0.2) is 0 Å². The van der Waals surface area contributed by atoms with Crippen LogP contribution in [0.25, 0.3) is 0 Å². The fourth-order valence-electron chi connectivity index (χ4n) is 0.414. The summed E-state index contributed by atoms with van der Waals surface area (Å²) in [5.74, 6) is 0.756. The monoisotopic (exact) mass is 113 g/mol. The predicted molar refractivity (Wildman–Crippen MR) is 38.5 cm³/mol. The second kappa shape index (κ2) is 4.82. The topological polar surface area (TPSA) is 12.4 Å². The van der Waals surface area contributed by atoms with E-state index in [1.54, 1.807) is 0 Å². The van der Waals surface area contributed by atoms with Gasteiger partial charge in [-0.15, -0.1) is 0 Å². The maximum Gasteiger partial charge on any atom is 0.0410 e. The Morgan fingerprint density at radius 2 is 2.25 bits per heavy atom. The first-order valence-corrected chi connectivity index (χ1v) is 3.25. The van der Waals surface area contributed by atoms with Crippen LogP contribution in [0.4, 0.5) is 0 Å². The van der Waals surface area contributed by atoms with Crippen LogP contribution in [0, 0.1) is 5.92 Å². The molecule has 0 N–H and O–H groups in total. The molecule has 0 aromatic carbocycles. The van der Waals surface area contributed by atoms with Crippen molar-refractivity contribution in [2.75, 3.05) is 6.54 Å². The molecule has 0 heterocycles. The lowest BCUT2D eigenvalue weighted by atomic mass is 10.1. The molecule has 0 bridgehead atoms. The third kappa shape index (κ3) is 3.85.